The van der Waals surface area contributed by atoms with E-state index < -0.39 is 6.09 Å². The summed E-state index contributed by atoms with van der Waals surface area (Å²) in [6, 6.07) is 11.8. The summed E-state index contributed by atoms with van der Waals surface area (Å²) in [6.07, 6.45) is 4.59. The van der Waals surface area contributed by atoms with Crippen molar-refractivity contribution in [2.24, 2.45) is 0 Å². The molecule has 1 amide bonds. The molecule has 36 heavy (non-hydrogen) atoms. The highest BCUT2D eigenvalue weighted by molar-refractivity contribution is 5.78. The Bertz CT molecular complexity index is 1390. The molecular formula is C26H28N6O4. The van der Waals surface area contributed by atoms with Crippen LogP contribution < -0.4 is 9.64 Å². The lowest BCUT2D eigenvalue weighted by Gasteiger charge is -2.31. The number of hydrogen-bond acceptors (Lipinski definition) is 7. The van der Waals surface area contributed by atoms with Crippen LogP contribution in [0.4, 0.5) is 10.6 Å². The van der Waals surface area contributed by atoms with Crippen molar-refractivity contribution in [3.05, 3.63) is 60.2 Å². The number of nitrogens with zero attached hydrogens (tertiary/aromatic N) is 6. The zero-order chi connectivity index (χ0) is 24.5. The molecule has 2 aliphatic rings. The number of ether oxygens (including phenoxy) is 2. The Hall–Kier alpha value is -3.92. The van der Waals surface area contributed by atoms with Gasteiger partial charge in [0.25, 0.3) is 0 Å². The van der Waals surface area contributed by atoms with E-state index in [0.29, 0.717) is 32.2 Å². The van der Waals surface area contributed by atoms with Crippen LogP contribution in [0.1, 0.15) is 30.1 Å². The van der Waals surface area contributed by atoms with Crippen molar-refractivity contribution in [3.63, 3.8) is 0 Å². The largest absolute Gasteiger partial charge is 0.471 e. The summed E-state index contributed by atoms with van der Waals surface area (Å²) in [5, 5.41) is 10.4. The molecular weight excluding hydrogens is 460 g/mol. The maximum atomic E-state index is 11.4. The molecule has 0 atom stereocenters. The number of rotatable bonds is 5. The molecule has 0 unspecified atom stereocenters. The van der Waals surface area contributed by atoms with Gasteiger partial charge in [-0.1, -0.05) is 18.2 Å². The first-order chi connectivity index (χ1) is 17.7. The zero-order valence-electron chi connectivity index (χ0n) is 19.9. The van der Waals surface area contributed by atoms with Gasteiger partial charge in [0.15, 0.2) is 11.5 Å². The number of carbonyl (C=O) groups is 1. The molecule has 1 N–H and O–H groups in total. The number of amides is 1. The minimum atomic E-state index is -0.858. The van der Waals surface area contributed by atoms with Gasteiger partial charge >= 0.3 is 6.09 Å². The third-order valence-electron chi connectivity index (χ3n) is 6.99. The highest BCUT2D eigenvalue weighted by Crippen LogP contribution is 2.31. The Kier molecular flexibility index (Phi) is 6.02. The summed E-state index contributed by atoms with van der Waals surface area (Å²) in [6.45, 7) is 4.17. The lowest BCUT2D eigenvalue weighted by atomic mass is 9.94. The highest BCUT2D eigenvalue weighted by Gasteiger charge is 2.27. The Morgan fingerprint density at radius 1 is 1.06 bits per heavy atom. The van der Waals surface area contributed by atoms with Crippen LogP contribution in [0.15, 0.2) is 48.8 Å². The zero-order valence-corrected chi connectivity index (χ0v) is 19.9. The summed E-state index contributed by atoms with van der Waals surface area (Å²) in [5.41, 5.74) is 3.52. The topological polar surface area (TPSA) is 105 Å². The first-order valence-electron chi connectivity index (χ1n) is 12.3. The van der Waals surface area contributed by atoms with Crippen LogP contribution in [0.3, 0.4) is 0 Å². The van der Waals surface area contributed by atoms with Gasteiger partial charge in [-0.15, -0.1) is 0 Å². The molecule has 2 aliphatic heterocycles. The molecule has 3 aromatic heterocycles. The Labute approximate surface area is 208 Å². The van der Waals surface area contributed by atoms with Crippen molar-refractivity contribution in [1.82, 2.24) is 24.3 Å². The molecule has 0 saturated carbocycles. The molecule has 0 aliphatic carbocycles. The van der Waals surface area contributed by atoms with Crippen LogP contribution in [-0.4, -0.2) is 74.8 Å². The molecule has 186 valence electrons. The van der Waals surface area contributed by atoms with E-state index in [4.69, 9.17) is 19.4 Å². The van der Waals surface area contributed by atoms with E-state index in [0.717, 1.165) is 59.7 Å². The van der Waals surface area contributed by atoms with Crippen molar-refractivity contribution < 1.29 is 19.4 Å². The molecule has 1 aromatic carbocycles. The maximum absolute atomic E-state index is 11.4. The Balaban J connectivity index is 1.30. The van der Waals surface area contributed by atoms with Gasteiger partial charge in [-0.2, -0.15) is 0 Å². The predicted molar refractivity (Wildman–Crippen MR) is 134 cm³/mol. The van der Waals surface area contributed by atoms with E-state index in [1.54, 1.807) is 0 Å². The number of morpholine rings is 1. The molecule has 2 fully saturated rings. The van der Waals surface area contributed by atoms with Crippen LogP contribution in [0.25, 0.3) is 16.6 Å². The minimum Gasteiger partial charge on any atom is -0.471 e. The van der Waals surface area contributed by atoms with Crippen LogP contribution in [0.2, 0.25) is 0 Å². The highest BCUT2D eigenvalue weighted by atomic mass is 16.5. The summed E-state index contributed by atoms with van der Waals surface area (Å²) in [5.74, 6) is 1.60. The number of anilines is 1. The van der Waals surface area contributed by atoms with Crippen LogP contribution in [-0.2, 0) is 11.3 Å². The third-order valence-corrected chi connectivity index (χ3v) is 6.99. The van der Waals surface area contributed by atoms with E-state index in [2.05, 4.69) is 14.3 Å². The summed E-state index contributed by atoms with van der Waals surface area (Å²) < 4.78 is 13.7. The first kappa shape index (κ1) is 22.5. The molecule has 0 spiro atoms. The van der Waals surface area contributed by atoms with Crippen LogP contribution >= 0.6 is 0 Å². The normalized spacial score (nSPS) is 17.1. The number of piperidine rings is 1. The van der Waals surface area contributed by atoms with Crippen molar-refractivity contribution >= 4 is 28.5 Å². The lowest BCUT2D eigenvalue weighted by molar-refractivity contribution is 0.122. The van der Waals surface area contributed by atoms with E-state index in [1.807, 2.05) is 48.8 Å². The Morgan fingerprint density at radius 2 is 1.86 bits per heavy atom. The van der Waals surface area contributed by atoms with Gasteiger partial charge in [-0.05, 0) is 25.0 Å². The fourth-order valence-corrected chi connectivity index (χ4v) is 5.04. The van der Waals surface area contributed by atoms with Crippen LogP contribution in [0, 0.1) is 0 Å². The minimum absolute atomic E-state index is 0.208. The van der Waals surface area contributed by atoms with Gasteiger partial charge in [0.1, 0.15) is 6.61 Å². The number of likely N-dealkylation sites (tertiary alicyclic amines) is 1. The van der Waals surface area contributed by atoms with Gasteiger partial charge in [0.05, 0.1) is 24.4 Å². The average molecular weight is 489 g/mol. The van der Waals surface area contributed by atoms with Gasteiger partial charge in [0.2, 0.25) is 5.88 Å². The van der Waals surface area contributed by atoms with E-state index in [1.165, 1.54) is 4.90 Å². The molecule has 10 nitrogen and oxygen atoms in total. The van der Waals surface area contributed by atoms with Gasteiger partial charge in [0, 0.05) is 61.6 Å². The predicted octanol–water partition coefficient (Wildman–Crippen LogP) is 3.55. The van der Waals surface area contributed by atoms with Crippen molar-refractivity contribution in [1.29, 1.82) is 0 Å². The van der Waals surface area contributed by atoms with Gasteiger partial charge in [-0.3, -0.25) is 4.40 Å². The molecule has 2 saturated heterocycles. The van der Waals surface area contributed by atoms with Crippen molar-refractivity contribution in [2.45, 2.75) is 25.4 Å². The van der Waals surface area contributed by atoms with Crippen LogP contribution in [0.5, 0.6) is 5.88 Å². The van der Waals surface area contributed by atoms with E-state index in [9.17, 15) is 9.90 Å². The first-order valence-corrected chi connectivity index (χ1v) is 12.3. The molecule has 0 radical (unpaired) electrons. The SMILES string of the molecule is O=C(O)N1CCC(c2cnc(N3CCOCC3)c3nc(COc4ccc5ccccc5n4)cn23)CC1. The smallest absolute Gasteiger partial charge is 0.407 e. The number of fused-ring (bicyclic) bond motifs is 2. The van der Waals surface area contributed by atoms with Gasteiger partial charge in [-0.25, -0.2) is 19.7 Å². The lowest BCUT2D eigenvalue weighted by Crippen LogP contribution is -2.38. The standard InChI is InChI=1S/C26H28N6O4/c33-26(34)31-9-7-19(8-10-31)22-15-27-24(30-11-13-35-14-12-30)25-28-20(16-32(22)25)17-36-23-6-5-18-3-1-2-4-21(18)29-23/h1-6,15-16,19H,7-14,17H2,(H,33,34). The van der Waals surface area contributed by atoms with E-state index >= 15 is 0 Å². The summed E-state index contributed by atoms with van der Waals surface area (Å²) in [4.78, 5) is 29.4. The summed E-state index contributed by atoms with van der Waals surface area (Å²) in [7, 11) is 0. The molecule has 6 rings (SSSR count). The number of benzene rings is 1. The second-order valence-corrected chi connectivity index (χ2v) is 9.21. The number of hydrogen-bond donors (Lipinski definition) is 1. The number of aromatic nitrogens is 4. The number of pyridine rings is 1. The number of para-hydroxylation sites is 1. The third kappa shape index (κ3) is 4.39. The summed E-state index contributed by atoms with van der Waals surface area (Å²) >= 11 is 0. The monoisotopic (exact) mass is 488 g/mol. The average Bonchev–Trinajstić information content (AvgIpc) is 3.36. The fraction of sp³-hybridized carbons (Fsp3) is 0.385. The molecule has 0 bridgehead atoms. The van der Waals surface area contributed by atoms with Crippen molar-refractivity contribution in [3.8, 4) is 5.88 Å². The molecule has 5 heterocycles. The second kappa shape index (κ2) is 9.62. The second-order valence-electron chi connectivity index (χ2n) is 9.21. The molecule has 10 heteroatoms. The van der Waals surface area contributed by atoms with E-state index in [-0.39, 0.29) is 12.5 Å². The number of carboxylic acid groups (broad SMARTS) is 1. The number of imidazole rings is 1. The van der Waals surface area contributed by atoms with Crippen molar-refractivity contribution in [2.75, 3.05) is 44.3 Å². The maximum Gasteiger partial charge on any atom is 0.407 e. The molecule has 4 aromatic rings. The van der Waals surface area contributed by atoms with Gasteiger partial charge < -0.3 is 24.4 Å². The fourth-order valence-electron chi connectivity index (χ4n) is 5.04. The Morgan fingerprint density at radius 3 is 2.67 bits per heavy atom. The quantitative estimate of drug-likeness (QED) is 0.455.